The molecule has 0 saturated heterocycles. The van der Waals surface area contributed by atoms with Gasteiger partial charge in [-0.05, 0) is 35.9 Å². The molecule has 9 heteroatoms. The van der Waals surface area contributed by atoms with Crippen LogP contribution in [0.2, 0.25) is 0 Å². The summed E-state index contributed by atoms with van der Waals surface area (Å²) in [5, 5.41) is 14.1. The number of thiazole rings is 1. The molecule has 0 spiro atoms. The van der Waals surface area contributed by atoms with Gasteiger partial charge in [0.2, 0.25) is 0 Å². The smallest absolute Gasteiger partial charge is 0.305 e. The van der Waals surface area contributed by atoms with Gasteiger partial charge in [0.05, 0.1) is 26.3 Å². The molecule has 0 fully saturated rings. The van der Waals surface area contributed by atoms with E-state index in [-0.39, 0.29) is 18.9 Å². The van der Waals surface area contributed by atoms with E-state index in [0.717, 1.165) is 27.7 Å². The molecule has 34 heavy (non-hydrogen) atoms. The molecule has 3 rings (SSSR count). The van der Waals surface area contributed by atoms with Crippen molar-refractivity contribution in [3.63, 3.8) is 0 Å². The van der Waals surface area contributed by atoms with E-state index in [4.69, 9.17) is 19.6 Å². The monoisotopic (exact) mass is 481 g/mol. The van der Waals surface area contributed by atoms with Crippen molar-refractivity contribution in [2.45, 2.75) is 13.0 Å². The summed E-state index contributed by atoms with van der Waals surface area (Å²) in [6, 6.07) is 12.8. The lowest BCUT2D eigenvalue weighted by Crippen LogP contribution is -2.26. The van der Waals surface area contributed by atoms with Gasteiger partial charge in [0, 0.05) is 36.1 Å². The minimum absolute atomic E-state index is 0.0908. The van der Waals surface area contributed by atoms with Crippen molar-refractivity contribution in [1.29, 1.82) is 0 Å². The quantitative estimate of drug-likeness (QED) is 0.374. The molecule has 3 aromatic rings. The number of nitrogens with one attached hydrogen (secondary N) is 1. The van der Waals surface area contributed by atoms with Gasteiger partial charge in [0.25, 0.3) is 5.91 Å². The van der Waals surface area contributed by atoms with E-state index in [2.05, 4.69) is 16.8 Å². The van der Waals surface area contributed by atoms with Crippen LogP contribution in [0, 0.1) is 0 Å². The minimum Gasteiger partial charge on any atom is -0.497 e. The van der Waals surface area contributed by atoms with Crippen LogP contribution in [-0.2, 0) is 11.3 Å². The highest BCUT2D eigenvalue weighted by molar-refractivity contribution is 7.14. The Morgan fingerprint density at radius 2 is 1.94 bits per heavy atom. The van der Waals surface area contributed by atoms with Gasteiger partial charge in [-0.2, -0.15) is 0 Å². The predicted molar refractivity (Wildman–Crippen MR) is 133 cm³/mol. The lowest BCUT2D eigenvalue weighted by atomic mass is 10.1. The van der Waals surface area contributed by atoms with Crippen LogP contribution in [0.4, 0.5) is 5.13 Å². The number of benzene rings is 2. The lowest BCUT2D eigenvalue weighted by molar-refractivity contribution is -0.136. The Hall–Kier alpha value is -3.85. The average molecular weight is 482 g/mol. The Morgan fingerprint density at radius 1 is 1.18 bits per heavy atom. The van der Waals surface area contributed by atoms with E-state index in [1.165, 1.54) is 11.3 Å². The first-order valence-corrected chi connectivity index (χ1v) is 11.5. The molecule has 0 aliphatic rings. The third kappa shape index (κ3) is 6.35. The van der Waals surface area contributed by atoms with Crippen LogP contribution in [0.5, 0.6) is 11.5 Å². The first-order valence-electron chi connectivity index (χ1n) is 10.6. The largest absolute Gasteiger partial charge is 0.497 e. The average Bonchev–Trinajstić information content (AvgIpc) is 3.33. The summed E-state index contributed by atoms with van der Waals surface area (Å²) < 4.78 is 10.8. The number of aliphatic carboxylic acids is 1. The molecule has 0 bridgehead atoms. The molecule has 2 N–H and O–H groups in total. The second-order valence-corrected chi connectivity index (χ2v) is 8.18. The van der Waals surface area contributed by atoms with Crippen LogP contribution >= 0.6 is 11.3 Å². The van der Waals surface area contributed by atoms with Crippen molar-refractivity contribution in [2.24, 2.45) is 0 Å². The van der Waals surface area contributed by atoms with Crippen molar-refractivity contribution in [2.75, 3.05) is 32.2 Å². The predicted octanol–water partition coefficient (Wildman–Crippen LogP) is 4.22. The summed E-state index contributed by atoms with van der Waals surface area (Å²) in [5.41, 5.74) is 3.12. The maximum atomic E-state index is 12.2. The molecule has 2 aromatic carbocycles. The van der Waals surface area contributed by atoms with Gasteiger partial charge < -0.3 is 24.8 Å². The van der Waals surface area contributed by atoms with Gasteiger partial charge >= 0.3 is 5.97 Å². The fraction of sp³-hybridized carbons (Fsp3) is 0.240. The van der Waals surface area contributed by atoms with Crippen LogP contribution in [-0.4, -0.2) is 49.3 Å². The molecule has 8 nitrogen and oxygen atoms in total. The van der Waals surface area contributed by atoms with E-state index < -0.39 is 5.97 Å². The number of carboxylic acids is 1. The molecule has 1 amide bonds. The Balaban J connectivity index is 1.74. The van der Waals surface area contributed by atoms with Crippen LogP contribution in [0.1, 0.15) is 22.3 Å². The number of hydrogen-bond acceptors (Lipinski definition) is 7. The van der Waals surface area contributed by atoms with Crippen LogP contribution < -0.4 is 19.7 Å². The fourth-order valence-corrected chi connectivity index (χ4v) is 4.12. The van der Waals surface area contributed by atoms with E-state index in [9.17, 15) is 9.59 Å². The van der Waals surface area contributed by atoms with Gasteiger partial charge in [-0.15, -0.1) is 17.9 Å². The minimum atomic E-state index is -0.951. The Kier molecular flexibility index (Phi) is 8.64. The second kappa shape index (κ2) is 11.9. The van der Waals surface area contributed by atoms with Gasteiger partial charge in [-0.3, -0.25) is 9.59 Å². The van der Waals surface area contributed by atoms with Crippen LogP contribution in [0.15, 0.2) is 60.5 Å². The fourth-order valence-electron chi connectivity index (χ4n) is 3.28. The number of ether oxygens (including phenoxy) is 2. The molecule has 0 atom stereocenters. The van der Waals surface area contributed by atoms with Gasteiger partial charge in [0.15, 0.2) is 5.13 Å². The Labute approximate surface area is 202 Å². The molecule has 0 saturated carbocycles. The first-order chi connectivity index (χ1) is 16.4. The molecular weight excluding hydrogens is 454 g/mol. The zero-order chi connectivity index (χ0) is 24.5. The summed E-state index contributed by atoms with van der Waals surface area (Å²) in [7, 11) is 3.24. The van der Waals surface area contributed by atoms with Crippen molar-refractivity contribution >= 4 is 28.3 Å². The number of methoxy groups -OCH3 is 2. The van der Waals surface area contributed by atoms with Crippen molar-refractivity contribution in [1.82, 2.24) is 10.3 Å². The normalized spacial score (nSPS) is 10.4. The van der Waals surface area contributed by atoms with E-state index >= 15 is 0 Å². The molecule has 0 aliphatic heterocycles. The molecule has 1 heterocycles. The zero-order valence-electron chi connectivity index (χ0n) is 19.1. The molecule has 0 radical (unpaired) electrons. The number of aromatic nitrogens is 1. The van der Waals surface area contributed by atoms with Gasteiger partial charge in [-0.1, -0.05) is 18.2 Å². The van der Waals surface area contributed by atoms with Crippen molar-refractivity contribution in [3.8, 4) is 22.8 Å². The molecule has 1 aromatic heterocycles. The lowest BCUT2D eigenvalue weighted by Gasteiger charge is -2.20. The highest BCUT2D eigenvalue weighted by Gasteiger charge is 2.16. The number of anilines is 1. The summed E-state index contributed by atoms with van der Waals surface area (Å²) in [6.07, 6.45) is 1.70. The SMILES string of the molecule is C=CCN(Cc1ccc(C(=O)NCCC(=O)O)cc1)c1nc(-c2cc(OC)ccc2OC)cs1. The van der Waals surface area contributed by atoms with E-state index in [1.54, 1.807) is 26.4 Å². The Morgan fingerprint density at radius 3 is 2.59 bits per heavy atom. The molecular formula is C25H27N3O5S. The summed E-state index contributed by atoms with van der Waals surface area (Å²) >= 11 is 1.52. The molecule has 0 unspecified atom stereocenters. The topological polar surface area (TPSA) is 101 Å². The number of carboxylic acid groups (broad SMARTS) is 1. The number of carbonyl (C=O) groups is 2. The summed E-state index contributed by atoms with van der Waals surface area (Å²) in [5.74, 6) is 0.186. The number of carbonyl (C=O) groups excluding carboxylic acids is 1. The Bertz CT molecular complexity index is 1140. The van der Waals surface area contributed by atoms with E-state index in [1.807, 2.05) is 41.8 Å². The third-order valence-electron chi connectivity index (χ3n) is 5.01. The highest BCUT2D eigenvalue weighted by atomic mass is 32.1. The summed E-state index contributed by atoms with van der Waals surface area (Å²) in [4.78, 5) is 29.7. The second-order valence-electron chi connectivity index (χ2n) is 7.35. The highest BCUT2D eigenvalue weighted by Crippen LogP contribution is 2.36. The third-order valence-corrected chi connectivity index (χ3v) is 5.91. The standard InChI is InChI=1S/C25H27N3O5S/c1-4-13-28(15-17-5-7-18(8-6-17)24(31)26-12-11-23(29)30)25-27-21(16-34-25)20-14-19(32-2)9-10-22(20)33-3/h4-10,14,16H,1,11-13,15H2,2-3H3,(H,26,31)(H,29,30). The zero-order valence-corrected chi connectivity index (χ0v) is 19.9. The van der Waals surface area contributed by atoms with Crippen molar-refractivity contribution < 1.29 is 24.2 Å². The maximum absolute atomic E-state index is 12.2. The van der Waals surface area contributed by atoms with Gasteiger partial charge in [-0.25, -0.2) is 4.98 Å². The number of nitrogens with zero attached hydrogens (tertiary/aromatic N) is 2. The number of hydrogen-bond donors (Lipinski definition) is 2. The maximum Gasteiger partial charge on any atom is 0.305 e. The first kappa shape index (κ1) is 24.8. The molecule has 0 aliphatic carbocycles. The van der Waals surface area contributed by atoms with E-state index in [0.29, 0.717) is 24.4 Å². The summed E-state index contributed by atoms with van der Waals surface area (Å²) in [6.45, 7) is 5.13. The molecule has 178 valence electrons. The van der Waals surface area contributed by atoms with Crippen LogP contribution in [0.25, 0.3) is 11.3 Å². The number of amides is 1. The van der Waals surface area contributed by atoms with Crippen molar-refractivity contribution in [3.05, 3.63) is 71.6 Å². The van der Waals surface area contributed by atoms with Gasteiger partial charge in [0.1, 0.15) is 11.5 Å². The van der Waals surface area contributed by atoms with Crippen LogP contribution in [0.3, 0.4) is 0 Å². The number of rotatable bonds is 12.